The zero-order chi connectivity index (χ0) is 16.5. The Labute approximate surface area is 141 Å². The highest BCUT2D eigenvalue weighted by Crippen LogP contribution is 2.32. The summed E-state index contributed by atoms with van der Waals surface area (Å²) in [6.07, 6.45) is 1.51. The summed E-state index contributed by atoms with van der Waals surface area (Å²) >= 11 is 8.03. The van der Waals surface area contributed by atoms with Gasteiger partial charge in [0.1, 0.15) is 0 Å². The molecule has 0 fully saturated rings. The summed E-state index contributed by atoms with van der Waals surface area (Å²) in [5.41, 5.74) is 8.44. The van der Waals surface area contributed by atoms with Crippen LogP contribution in [0.5, 0.6) is 11.5 Å². The summed E-state index contributed by atoms with van der Waals surface area (Å²) < 4.78 is 16.1. The van der Waals surface area contributed by atoms with Crippen LogP contribution >= 0.6 is 28.1 Å². The molecule has 1 rings (SSSR count). The summed E-state index contributed by atoms with van der Waals surface area (Å²) in [4.78, 5) is 11.3. The average molecular weight is 390 g/mol. The largest absolute Gasteiger partial charge is 0.493 e. The van der Waals surface area contributed by atoms with E-state index in [1.165, 1.54) is 13.3 Å². The van der Waals surface area contributed by atoms with E-state index in [1.54, 1.807) is 19.1 Å². The Hall–Kier alpha value is -1.87. The van der Waals surface area contributed by atoms with Crippen LogP contribution in [0.1, 0.15) is 12.5 Å². The number of esters is 1. The Bertz CT molecular complexity index is 581. The van der Waals surface area contributed by atoms with Gasteiger partial charge in [-0.1, -0.05) is 0 Å². The van der Waals surface area contributed by atoms with Crippen LogP contribution in [-0.2, 0) is 9.53 Å². The predicted octanol–water partition coefficient (Wildman–Crippen LogP) is 1.57. The first-order valence-electron chi connectivity index (χ1n) is 6.22. The molecule has 0 spiro atoms. The first-order chi connectivity index (χ1) is 10.5. The topological polar surface area (TPSA) is 95.2 Å². The van der Waals surface area contributed by atoms with Gasteiger partial charge in [-0.2, -0.15) is 5.10 Å². The summed E-state index contributed by atoms with van der Waals surface area (Å²) in [6, 6.07) is 3.36. The van der Waals surface area contributed by atoms with Crippen molar-refractivity contribution >= 4 is 45.4 Å². The van der Waals surface area contributed by atoms with Gasteiger partial charge < -0.3 is 19.9 Å². The molecular weight excluding hydrogens is 374 g/mol. The number of benzene rings is 1. The summed E-state index contributed by atoms with van der Waals surface area (Å²) in [5, 5.41) is 3.93. The average Bonchev–Trinajstić information content (AvgIpc) is 2.46. The van der Waals surface area contributed by atoms with Crippen molar-refractivity contribution in [2.24, 2.45) is 10.8 Å². The van der Waals surface area contributed by atoms with Gasteiger partial charge in [-0.3, -0.25) is 5.43 Å². The van der Waals surface area contributed by atoms with Gasteiger partial charge in [0.05, 0.1) is 19.9 Å². The van der Waals surface area contributed by atoms with Crippen LogP contribution in [0.4, 0.5) is 0 Å². The number of rotatable bonds is 7. The molecule has 7 nitrogen and oxygen atoms in total. The van der Waals surface area contributed by atoms with E-state index >= 15 is 0 Å². The van der Waals surface area contributed by atoms with Crippen LogP contribution in [0.3, 0.4) is 0 Å². The number of thiocarbonyl (C=S) groups is 1. The number of methoxy groups -OCH3 is 1. The second-order valence-corrected chi connectivity index (χ2v) is 5.15. The standard InChI is InChI=1S/C13H16BrN3O4S/c1-3-20-12(18)7-21-11-5-9(14)8(4-10(11)19-2)6-16-17-13(15)22/h4-6H,3,7H2,1-2H3,(H3,15,17,22)/b16-6+. The van der Waals surface area contributed by atoms with Gasteiger partial charge in [0.2, 0.25) is 0 Å². The normalized spacial score (nSPS) is 10.3. The number of halogens is 1. The summed E-state index contributed by atoms with van der Waals surface area (Å²) in [6.45, 7) is 1.83. The van der Waals surface area contributed by atoms with Gasteiger partial charge in [0.25, 0.3) is 0 Å². The van der Waals surface area contributed by atoms with E-state index in [1.807, 2.05) is 0 Å². The first kappa shape index (κ1) is 18.2. The van der Waals surface area contributed by atoms with E-state index in [9.17, 15) is 4.79 Å². The smallest absolute Gasteiger partial charge is 0.344 e. The number of carbonyl (C=O) groups is 1. The fraction of sp³-hybridized carbons (Fsp3) is 0.308. The van der Waals surface area contributed by atoms with Crippen molar-refractivity contribution in [3.05, 3.63) is 22.2 Å². The number of carbonyl (C=O) groups excluding carboxylic acids is 1. The summed E-state index contributed by atoms with van der Waals surface area (Å²) in [7, 11) is 1.49. The lowest BCUT2D eigenvalue weighted by molar-refractivity contribution is -0.145. The molecule has 0 bridgehead atoms. The minimum Gasteiger partial charge on any atom is -0.493 e. The third-order valence-electron chi connectivity index (χ3n) is 2.31. The Morgan fingerprint density at radius 3 is 2.82 bits per heavy atom. The molecular formula is C13H16BrN3O4S. The molecule has 22 heavy (non-hydrogen) atoms. The third-order valence-corrected chi connectivity index (χ3v) is 3.09. The van der Waals surface area contributed by atoms with Crippen molar-refractivity contribution in [1.82, 2.24) is 5.43 Å². The van der Waals surface area contributed by atoms with Crippen LogP contribution in [0.25, 0.3) is 0 Å². The number of nitrogens with one attached hydrogen (secondary N) is 1. The minimum absolute atomic E-state index is 0.0636. The molecule has 9 heteroatoms. The van der Waals surface area contributed by atoms with Crippen LogP contribution in [0, 0.1) is 0 Å². The van der Waals surface area contributed by atoms with Gasteiger partial charge in [0, 0.05) is 10.0 Å². The Balaban J connectivity index is 2.87. The molecule has 1 aromatic rings. The Morgan fingerprint density at radius 1 is 1.50 bits per heavy atom. The highest BCUT2D eigenvalue weighted by atomic mass is 79.9. The lowest BCUT2D eigenvalue weighted by Crippen LogP contribution is -2.24. The van der Waals surface area contributed by atoms with Crippen molar-refractivity contribution in [3.8, 4) is 11.5 Å². The minimum atomic E-state index is -0.452. The lowest BCUT2D eigenvalue weighted by atomic mass is 10.2. The van der Waals surface area contributed by atoms with Crippen molar-refractivity contribution in [2.45, 2.75) is 6.92 Å². The SMILES string of the molecule is CCOC(=O)COc1cc(Br)c(/C=N/NC(N)=S)cc1OC. The predicted molar refractivity (Wildman–Crippen MR) is 90.3 cm³/mol. The molecule has 3 N–H and O–H groups in total. The van der Waals surface area contributed by atoms with Gasteiger partial charge in [-0.05, 0) is 47.2 Å². The van der Waals surface area contributed by atoms with E-state index in [2.05, 4.69) is 38.7 Å². The zero-order valence-electron chi connectivity index (χ0n) is 12.1. The number of ether oxygens (including phenoxy) is 3. The van der Waals surface area contributed by atoms with Gasteiger partial charge in [-0.25, -0.2) is 4.79 Å². The van der Waals surface area contributed by atoms with Crippen LogP contribution < -0.4 is 20.6 Å². The molecule has 0 atom stereocenters. The molecule has 1 aromatic carbocycles. The van der Waals surface area contributed by atoms with Crippen LogP contribution in [-0.4, -0.2) is 37.6 Å². The number of hydrazone groups is 1. The third kappa shape index (κ3) is 5.86. The van der Waals surface area contributed by atoms with E-state index in [0.717, 1.165) is 0 Å². The van der Waals surface area contributed by atoms with E-state index in [-0.39, 0.29) is 11.7 Å². The number of nitrogens with zero attached hydrogens (tertiary/aromatic N) is 1. The van der Waals surface area contributed by atoms with Crippen molar-refractivity contribution in [3.63, 3.8) is 0 Å². The molecule has 0 unspecified atom stereocenters. The molecule has 120 valence electrons. The fourth-order valence-corrected chi connectivity index (χ4v) is 1.90. The van der Waals surface area contributed by atoms with Crippen molar-refractivity contribution in [2.75, 3.05) is 20.3 Å². The molecule has 0 saturated carbocycles. The molecule has 0 aliphatic heterocycles. The number of nitrogens with two attached hydrogens (primary N) is 1. The highest BCUT2D eigenvalue weighted by Gasteiger charge is 2.11. The highest BCUT2D eigenvalue weighted by molar-refractivity contribution is 9.10. The van der Waals surface area contributed by atoms with Gasteiger partial charge in [-0.15, -0.1) is 0 Å². The number of hydrogen-bond donors (Lipinski definition) is 2. The zero-order valence-corrected chi connectivity index (χ0v) is 14.5. The molecule has 0 aliphatic carbocycles. The lowest BCUT2D eigenvalue weighted by Gasteiger charge is -2.12. The van der Waals surface area contributed by atoms with E-state index in [0.29, 0.717) is 28.1 Å². The van der Waals surface area contributed by atoms with E-state index < -0.39 is 5.97 Å². The second-order valence-electron chi connectivity index (χ2n) is 3.85. The molecule has 0 aliphatic rings. The molecule has 0 saturated heterocycles. The first-order valence-corrected chi connectivity index (χ1v) is 7.42. The Kier molecular flexibility index (Phi) is 7.61. The summed E-state index contributed by atoms with van der Waals surface area (Å²) in [5.74, 6) is 0.401. The monoisotopic (exact) mass is 389 g/mol. The Morgan fingerprint density at radius 2 is 2.23 bits per heavy atom. The van der Waals surface area contributed by atoms with Crippen molar-refractivity contribution in [1.29, 1.82) is 0 Å². The van der Waals surface area contributed by atoms with Crippen LogP contribution in [0.2, 0.25) is 0 Å². The molecule has 0 radical (unpaired) electrons. The fourth-order valence-electron chi connectivity index (χ4n) is 1.43. The quantitative estimate of drug-likeness (QED) is 0.316. The second kappa shape index (κ2) is 9.21. The maximum Gasteiger partial charge on any atom is 0.344 e. The maximum atomic E-state index is 11.3. The van der Waals surface area contributed by atoms with Gasteiger partial charge in [0.15, 0.2) is 23.2 Å². The van der Waals surface area contributed by atoms with E-state index in [4.69, 9.17) is 19.9 Å². The van der Waals surface area contributed by atoms with Crippen molar-refractivity contribution < 1.29 is 19.0 Å². The molecule has 0 amide bonds. The number of hydrogen-bond acceptors (Lipinski definition) is 6. The molecule has 0 aromatic heterocycles. The van der Waals surface area contributed by atoms with Gasteiger partial charge >= 0.3 is 5.97 Å². The van der Waals surface area contributed by atoms with Crippen LogP contribution in [0.15, 0.2) is 21.7 Å². The molecule has 0 heterocycles. The maximum absolute atomic E-state index is 11.3.